The van der Waals surface area contributed by atoms with Crippen LogP contribution in [0.5, 0.6) is 0 Å². The zero-order valence-corrected chi connectivity index (χ0v) is 12.1. The van der Waals surface area contributed by atoms with Crippen LogP contribution in [0, 0.1) is 17.0 Å². The molecule has 0 aromatic carbocycles. The molecule has 0 aliphatic heterocycles. The van der Waals surface area contributed by atoms with E-state index in [-0.39, 0.29) is 10.7 Å². The minimum atomic E-state index is -0.980. The van der Waals surface area contributed by atoms with Crippen LogP contribution in [0.4, 0.5) is 5.82 Å². The van der Waals surface area contributed by atoms with Gasteiger partial charge in [-0.2, -0.15) is 4.68 Å². The molecule has 2 rings (SSSR count). The highest BCUT2D eigenvalue weighted by Gasteiger charge is 2.20. The van der Waals surface area contributed by atoms with E-state index in [2.05, 4.69) is 21.0 Å². The van der Waals surface area contributed by atoms with Gasteiger partial charge in [0.15, 0.2) is 0 Å². The molecule has 0 spiro atoms. The highest BCUT2D eigenvalue weighted by molar-refractivity contribution is 9.10. The van der Waals surface area contributed by atoms with Crippen molar-refractivity contribution in [3.8, 4) is 0 Å². The molecular weight excluding hydrogens is 338 g/mol. The minimum Gasteiger partial charge on any atom is -0.477 e. The molecule has 0 unspecified atom stereocenters. The van der Waals surface area contributed by atoms with E-state index in [1.54, 1.807) is 13.0 Å². The van der Waals surface area contributed by atoms with Crippen molar-refractivity contribution in [2.24, 2.45) is 0 Å². The fraction of sp³-hybridized carbons (Fsp3) is 0.200. The molecule has 0 bridgehead atoms. The maximum Gasteiger partial charge on any atom is 0.404 e. The molecule has 2 aromatic heterocycles. The molecule has 0 amide bonds. The Morgan fingerprint density at radius 3 is 2.84 bits per heavy atom. The van der Waals surface area contributed by atoms with Crippen molar-refractivity contribution in [2.75, 3.05) is 0 Å². The number of carbonyl (C=O) groups is 1. The lowest BCUT2D eigenvalue weighted by Gasteiger charge is -1.95. The first-order valence-corrected chi connectivity index (χ1v) is 6.69. The largest absolute Gasteiger partial charge is 0.477 e. The summed E-state index contributed by atoms with van der Waals surface area (Å²) in [6, 6.07) is 1.56. The van der Waals surface area contributed by atoms with Crippen molar-refractivity contribution in [1.82, 2.24) is 9.78 Å². The van der Waals surface area contributed by atoms with Crippen molar-refractivity contribution < 1.29 is 14.8 Å². The summed E-state index contributed by atoms with van der Waals surface area (Å²) in [5.74, 6) is -1.24. The van der Waals surface area contributed by atoms with E-state index >= 15 is 0 Å². The third kappa shape index (κ3) is 2.82. The lowest BCUT2D eigenvalue weighted by atomic mass is 10.2. The molecule has 7 nitrogen and oxygen atoms in total. The van der Waals surface area contributed by atoms with Crippen LogP contribution in [0.1, 0.15) is 20.1 Å². The van der Waals surface area contributed by atoms with Crippen LogP contribution in [0.15, 0.2) is 16.7 Å². The number of hydrogen-bond donors (Lipinski definition) is 1. The summed E-state index contributed by atoms with van der Waals surface area (Å²) in [6.45, 7) is 2.10. The third-order valence-electron chi connectivity index (χ3n) is 2.44. The number of aromatic nitrogens is 2. The van der Waals surface area contributed by atoms with Crippen molar-refractivity contribution in [3.05, 3.63) is 42.2 Å². The lowest BCUT2D eigenvalue weighted by Crippen LogP contribution is -2.01. The van der Waals surface area contributed by atoms with Gasteiger partial charge in [-0.3, -0.25) is 0 Å². The van der Waals surface area contributed by atoms with E-state index < -0.39 is 10.9 Å². The summed E-state index contributed by atoms with van der Waals surface area (Å²) in [4.78, 5) is 22.0. The summed E-state index contributed by atoms with van der Waals surface area (Å²) in [5.41, 5.74) is 0.785. The molecule has 0 saturated heterocycles. The molecule has 1 N–H and O–H groups in total. The molecule has 2 heterocycles. The van der Waals surface area contributed by atoms with E-state index in [1.165, 1.54) is 22.2 Å². The van der Waals surface area contributed by atoms with Crippen LogP contribution in [0.25, 0.3) is 0 Å². The molecule has 0 atom stereocenters. The Morgan fingerprint density at radius 2 is 2.37 bits per heavy atom. The van der Waals surface area contributed by atoms with E-state index in [1.807, 2.05) is 0 Å². The number of nitrogens with zero attached hydrogens (tertiary/aromatic N) is 3. The maximum absolute atomic E-state index is 10.9. The standard InChI is InChI=1S/C10H8BrN3O4S/c1-5-6(2-8(19-5)10(15)16)3-13-4-7(11)9(12-13)14(17)18/h2,4H,3H2,1H3,(H,15,16). The SMILES string of the molecule is Cc1sc(C(=O)O)cc1Cn1cc(Br)c([N+](=O)[O-])n1. The van der Waals surface area contributed by atoms with Gasteiger partial charge in [0.05, 0.1) is 17.8 Å². The van der Waals surface area contributed by atoms with Crippen molar-refractivity contribution >= 4 is 39.1 Å². The number of nitro groups is 1. The van der Waals surface area contributed by atoms with Crippen LogP contribution in [0.2, 0.25) is 0 Å². The van der Waals surface area contributed by atoms with Crippen LogP contribution in [0.3, 0.4) is 0 Å². The molecular formula is C10H8BrN3O4S. The van der Waals surface area contributed by atoms with Crippen LogP contribution < -0.4 is 0 Å². The highest BCUT2D eigenvalue weighted by Crippen LogP contribution is 2.25. The van der Waals surface area contributed by atoms with E-state index in [9.17, 15) is 14.9 Å². The van der Waals surface area contributed by atoms with Gasteiger partial charge in [-0.05, 0) is 39.4 Å². The molecule has 100 valence electrons. The van der Waals surface area contributed by atoms with Gasteiger partial charge < -0.3 is 15.2 Å². The Morgan fingerprint density at radius 1 is 1.68 bits per heavy atom. The van der Waals surface area contributed by atoms with Crippen LogP contribution >= 0.6 is 27.3 Å². The predicted molar refractivity (Wildman–Crippen MR) is 71.7 cm³/mol. The Kier molecular flexibility index (Phi) is 3.67. The predicted octanol–water partition coefficient (Wildman–Crippen LogP) is 2.67. The van der Waals surface area contributed by atoms with Gasteiger partial charge in [-0.1, -0.05) is 0 Å². The average Bonchev–Trinajstić information content (AvgIpc) is 2.84. The third-order valence-corrected chi connectivity index (χ3v) is 4.08. The first-order valence-electron chi connectivity index (χ1n) is 5.08. The topological polar surface area (TPSA) is 98.3 Å². The summed E-state index contributed by atoms with van der Waals surface area (Å²) in [7, 11) is 0. The fourth-order valence-corrected chi connectivity index (χ4v) is 2.88. The smallest absolute Gasteiger partial charge is 0.404 e. The van der Waals surface area contributed by atoms with Crippen LogP contribution in [-0.2, 0) is 6.54 Å². The molecule has 0 aliphatic carbocycles. The molecule has 19 heavy (non-hydrogen) atoms. The highest BCUT2D eigenvalue weighted by atomic mass is 79.9. The van der Waals surface area contributed by atoms with E-state index in [4.69, 9.17) is 5.11 Å². The summed E-state index contributed by atoms with van der Waals surface area (Å²) in [5, 5.41) is 23.4. The Balaban J connectivity index is 2.28. The number of hydrogen-bond acceptors (Lipinski definition) is 5. The van der Waals surface area contributed by atoms with Gasteiger partial charge in [-0.15, -0.1) is 11.3 Å². The minimum absolute atomic E-state index is 0.244. The number of carboxylic acids is 1. The molecule has 2 aromatic rings. The molecule has 9 heteroatoms. The molecule has 0 fully saturated rings. The van der Waals surface area contributed by atoms with Gasteiger partial charge in [0, 0.05) is 4.88 Å². The second-order valence-corrected chi connectivity index (χ2v) is 5.86. The Bertz CT molecular complexity index is 664. The van der Waals surface area contributed by atoms with Gasteiger partial charge in [-0.25, -0.2) is 4.79 Å². The number of aryl methyl sites for hydroxylation is 1. The van der Waals surface area contributed by atoms with Gasteiger partial charge in [0.25, 0.3) is 0 Å². The number of carboxylic acid groups (broad SMARTS) is 1. The fourth-order valence-electron chi connectivity index (χ4n) is 1.55. The quantitative estimate of drug-likeness (QED) is 0.678. The monoisotopic (exact) mass is 345 g/mol. The summed E-state index contributed by atoms with van der Waals surface area (Å²) in [6.07, 6.45) is 1.50. The van der Waals surface area contributed by atoms with Gasteiger partial charge in [0.1, 0.15) is 9.35 Å². The second kappa shape index (κ2) is 5.10. The molecule has 0 aliphatic rings. The number of rotatable bonds is 4. The molecule has 0 radical (unpaired) electrons. The number of halogens is 1. The summed E-state index contributed by atoms with van der Waals surface area (Å²) >= 11 is 4.23. The Labute approximate surface area is 119 Å². The second-order valence-electron chi connectivity index (χ2n) is 3.75. The van der Waals surface area contributed by atoms with Crippen LogP contribution in [-0.4, -0.2) is 25.8 Å². The number of aromatic carboxylic acids is 1. The number of thiophene rings is 1. The average molecular weight is 346 g/mol. The first kappa shape index (κ1) is 13.7. The first-order chi connectivity index (χ1) is 8.88. The van der Waals surface area contributed by atoms with Crippen molar-refractivity contribution in [1.29, 1.82) is 0 Å². The maximum atomic E-state index is 10.9. The van der Waals surface area contributed by atoms with Gasteiger partial charge in [0.2, 0.25) is 0 Å². The zero-order valence-electron chi connectivity index (χ0n) is 9.66. The van der Waals surface area contributed by atoms with Crippen molar-refractivity contribution in [2.45, 2.75) is 13.5 Å². The zero-order chi connectivity index (χ0) is 14.2. The van der Waals surface area contributed by atoms with E-state index in [0.29, 0.717) is 11.0 Å². The summed E-state index contributed by atoms with van der Waals surface area (Å²) < 4.78 is 1.70. The van der Waals surface area contributed by atoms with E-state index in [0.717, 1.165) is 10.4 Å². The Hall–Kier alpha value is -1.74. The van der Waals surface area contributed by atoms with Gasteiger partial charge >= 0.3 is 11.8 Å². The van der Waals surface area contributed by atoms with Crippen molar-refractivity contribution in [3.63, 3.8) is 0 Å². The lowest BCUT2D eigenvalue weighted by molar-refractivity contribution is -0.390. The molecule has 0 saturated carbocycles. The normalized spacial score (nSPS) is 10.6.